The van der Waals surface area contributed by atoms with Gasteiger partial charge in [-0.15, -0.1) is 0 Å². The Morgan fingerprint density at radius 2 is 1.88 bits per heavy atom. The summed E-state index contributed by atoms with van der Waals surface area (Å²) in [6.07, 6.45) is 0. The maximum atomic E-state index is 9.01. The van der Waals surface area contributed by atoms with Crippen molar-refractivity contribution in [3.05, 3.63) is 46.2 Å². The third-order valence-electron chi connectivity index (χ3n) is 2.61. The Kier molecular flexibility index (Phi) is 3.08. The first-order valence-corrected chi connectivity index (χ1v) is 5.51. The van der Waals surface area contributed by atoms with Gasteiger partial charge in [0.1, 0.15) is 11.8 Å². The minimum Gasteiger partial charge on any atom is -0.233 e. The zero-order chi connectivity index (χ0) is 12.4. The first-order chi connectivity index (χ1) is 8.13. The fraction of sp³-hybridized carbons (Fsp3) is 0.154. The van der Waals surface area contributed by atoms with Crippen LogP contribution in [0.4, 0.5) is 0 Å². The third kappa shape index (κ3) is 2.13. The molecule has 2 rings (SSSR count). The molecule has 0 aliphatic rings. The van der Waals surface area contributed by atoms with Crippen molar-refractivity contribution in [1.29, 1.82) is 5.26 Å². The molecule has 0 aliphatic heterocycles. The van der Waals surface area contributed by atoms with E-state index >= 15 is 0 Å². The monoisotopic (exact) mass is 243 g/mol. The smallest absolute Gasteiger partial charge is 0.162 e. The van der Waals surface area contributed by atoms with E-state index in [0.29, 0.717) is 16.5 Å². The van der Waals surface area contributed by atoms with Gasteiger partial charge in [0.2, 0.25) is 0 Å². The van der Waals surface area contributed by atoms with E-state index in [9.17, 15) is 0 Å². The molecule has 1 aromatic heterocycles. The van der Waals surface area contributed by atoms with Crippen molar-refractivity contribution in [3.63, 3.8) is 0 Å². The Labute approximate surface area is 105 Å². The second-order valence-electron chi connectivity index (χ2n) is 3.70. The molecule has 0 bridgehead atoms. The lowest BCUT2D eigenvalue weighted by molar-refractivity contribution is 1.05. The molecule has 0 atom stereocenters. The van der Waals surface area contributed by atoms with Gasteiger partial charge >= 0.3 is 0 Å². The molecule has 0 fully saturated rings. The standard InChI is InChI=1S/C13H10ClN3/c1-8-9(2)16-13(17-12(8)7-15)10-5-3-4-6-11(10)14/h3-6H,1-2H3. The highest BCUT2D eigenvalue weighted by Crippen LogP contribution is 2.25. The van der Waals surface area contributed by atoms with Gasteiger partial charge in [0.15, 0.2) is 5.82 Å². The summed E-state index contributed by atoms with van der Waals surface area (Å²) in [7, 11) is 0. The molecule has 0 amide bonds. The van der Waals surface area contributed by atoms with Gasteiger partial charge in [0.25, 0.3) is 0 Å². The molecule has 0 N–H and O–H groups in total. The molecular weight excluding hydrogens is 234 g/mol. The van der Waals surface area contributed by atoms with Gasteiger partial charge in [0, 0.05) is 16.8 Å². The fourth-order valence-electron chi connectivity index (χ4n) is 1.50. The van der Waals surface area contributed by atoms with Crippen molar-refractivity contribution in [2.24, 2.45) is 0 Å². The molecular formula is C13H10ClN3. The van der Waals surface area contributed by atoms with Gasteiger partial charge in [-0.1, -0.05) is 23.7 Å². The molecule has 17 heavy (non-hydrogen) atoms. The van der Waals surface area contributed by atoms with Crippen molar-refractivity contribution in [1.82, 2.24) is 9.97 Å². The van der Waals surface area contributed by atoms with Crippen LogP contribution in [-0.4, -0.2) is 9.97 Å². The number of aryl methyl sites for hydroxylation is 1. The van der Waals surface area contributed by atoms with Crippen LogP contribution in [0.1, 0.15) is 17.0 Å². The van der Waals surface area contributed by atoms with E-state index in [-0.39, 0.29) is 0 Å². The van der Waals surface area contributed by atoms with Gasteiger partial charge in [-0.05, 0) is 26.0 Å². The quantitative estimate of drug-likeness (QED) is 0.772. The Morgan fingerprint density at radius 1 is 1.18 bits per heavy atom. The van der Waals surface area contributed by atoms with Crippen LogP contribution >= 0.6 is 11.6 Å². The Bertz CT molecular complexity index is 615. The van der Waals surface area contributed by atoms with Gasteiger partial charge in [0.05, 0.1) is 5.02 Å². The van der Waals surface area contributed by atoms with Crippen molar-refractivity contribution in [2.75, 3.05) is 0 Å². The number of nitriles is 1. The average Bonchev–Trinajstić information content (AvgIpc) is 2.33. The highest BCUT2D eigenvalue weighted by molar-refractivity contribution is 6.33. The van der Waals surface area contributed by atoms with E-state index in [0.717, 1.165) is 16.8 Å². The summed E-state index contributed by atoms with van der Waals surface area (Å²) in [4.78, 5) is 8.59. The lowest BCUT2D eigenvalue weighted by atomic mass is 10.1. The van der Waals surface area contributed by atoms with Crippen molar-refractivity contribution < 1.29 is 0 Å². The van der Waals surface area contributed by atoms with Crippen molar-refractivity contribution in [2.45, 2.75) is 13.8 Å². The summed E-state index contributed by atoms with van der Waals surface area (Å²) < 4.78 is 0. The van der Waals surface area contributed by atoms with E-state index in [2.05, 4.69) is 16.0 Å². The van der Waals surface area contributed by atoms with Gasteiger partial charge < -0.3 is 0 Å². The maximum absolute atomic E-state index is 9.01. The van der Waals surface area contributed by atoms with Crippen LogP contribution in [0, 0.1) is 25.2 Å². The third-order valence-corrected chi connectivity index (χ3v) is 2.94. The number of halogens is 1. The van der Waals surface area contributed by atoms with Crippen LogP contribution in [-0.2, 0) is 0 Å². The Balaban J connectivity index is 2.67. The van der Waals surface area contributed by atoms with Crippen molar-refractivity contribution >= 4 is 11.6 Å². The van der Waals surface area contributed by atoms with Crippen LogP contribution in [0.15, 0.2) is 24.3 Å². The first-order valence-electron chi connectivity index (χ1n) is 5.13. The largest absolute Gasteiger partial charge is 0.233 e. The van der Waals surface area contributed by atoms with Gasteiger partial charge in [-0.2, -0.15) is 5.26 Å². The molecule has 84 valence electrons. The zero-order valence-corrected chi connectivity index (χ0v) is 10.3. The topological polar surface area (TPSA) is 49.6 Å². The van der Waals surface area contributed by atoms with Crippen LogP contribution in [0.2, 0.25) is 5.02 Å². The SMILES string of the molecule is Cc1nc(-c2ccccc2Cl)nc(C#N)c1C. The molecule has 1 aromatic carbocycles. The Morgan fingerprint density at radius 3 is 2.53 bits per heavy atom. The van der Waals surface area contributed by atoms with E-state index < -0.39 is 0 Å². The molecule has 4 heteroatoms. The molecule has 0 unspecified atom stereocenters. The van der Waals surface area contributed by atoms with E-state index in [1.807, 2.05) is 32.0 Å². The number of nitrogens with zero attached hydrogens (tertiary/aromatic N) is 3. The Hall–Kier alpha value is -1.92. The summed E-state index contributed by atoms with van der Waals surface area (Å²) in [5.74, 6) is 0.496. The highest BCUT2D eigenvalue weighted by atomic mass is 35.5. The lowest BCUT2D eigenvalue weighted by Gasteiger charge is -2.06. The normalized spacial score (nSPS) is 10.0. The maximum Gasteiger partial charge on any atom is 0.162 e. The molecule has 0 aliphatic carbocycles. The summed E-state index contributed by atoms with van der Waals surface area (Å²) >= 11 is 6.08. The second-order valence-corrected chi connectivity index (χ2v) is 4.11. The molecule has 0 saturated heterocycles. The number of hydrogen-bond acceptors (Lipinski definition) is 3. The van der Waals surface area contributed by atoms with Crippen LogP contribution < -0.4 is 0 Å². The van der Waals surface area contributed by atoms with Crippen LogP contribution in [0.25, 0.3) is 11.4 Å². The summed E-state index contributed by atoms with van der Waals surface area (Å²) in [6.45, 7) is 3.70. The number of benzene rings is 1. The number of rotatable bonds is 1. The summed E-state index contributed by atoms with van der Waals surface area (Å²) in [5.41, 5.74) is 2.75. The second kappa shape index (κ2) is 4.52. The van der Waals surface area contributed by atoms with E-state index in [1.54, 1.807) is 6.07 Å². The fourth-order valence-corrected chi connectivity index (χ4v) is 1.72. The predicted octanol–water partition coefficient (Wildman–Crippen LogP) is 3.29. The molecule has 2 aromatic rings. The molecule has 3 nitrogen and oxygen atoms in total. The number of aromatic nitrogens is 2. The van der Waals surface area contributed by atoms with Crippen LogP contribution in [0.5, 0.6) is 0 Å². The zero-order valence-electron chi connectivity index (χ0n) is 9.53. The minimum absolute atomic E-state index is 0.396. The number of hydrogen-bond donors (Lipinski definition) is 0. The van der Waals surface area contributed by atoms with Crippen LogP contribution in [0.3, 0.4) is 0 Å². The lowest BCUT2D eigenvalue weighted by Crippen LogP contribution is -2.00. The van der Waals surface area contributed by atoms with Gasteiger partial charge in [-0.25, -0.2) is 9.97 Å². The minimum atomic E-state index is 0.396. The van der Waals surface area contributed by atoms with Crippen molar-refractivity contribution in [3.8, 4) is 17.5 Å². The molecule has 1 heterocycles. The summed E-state index contributed by atoms with van der Waals surface area (Å²) in [6, 6.07) is 9.40. The van der Waals surface area contributed by atoms with E-state index in [1.165, 1.54) is 0 Å². The summed E-state index contributed by atoms with van der Waals surface area (Å²) in [5, 5.41) is 9.59. The van der Waals surface area contributed by atoms with Gasteiger partial charge in [-0.3, -0.25) is 0 Å². The van der Waals surface area contributed by atoms with E-state index in [4.69, 9.17) is 16.9 Å². The molecule has 0 saturated carbocycles. The predicted molar refractivity (Wildman–Crippen MR) is 66.7 cm³/mol. The molecule has 0 radical (unpaired) electrons. The molecule has 0 spiro atoms. The average molecular weight is 244 g/mol. The highest BCUT2D eigenvalue weighted by Gasteiger charge is 2.11. The first kappa shape index (κ1) is 11.6.